The van der Waals surface area contributed by atoms with Gasteiger partial charge in [0.15, 0.2) is 0 Å². The molecule has 1 aromatic heterocycles. The van der Waals surface area contributed by atoms with E-state index in [0.29, 0.717) is 26.5 Å². The van der Waals surface area contributed by atoms with E-state index < -0.39 is 11.7 Å². The zero-order valence-corrected chi connectivity index (χ0v) is 18.4. The Morgan fingerprint density at radius 2 is 2.00 bits per heavy atom. The lowest BCUT2D eigenvalue weighted by Gasteiger charge is -2.13. The summed E-state index contributed by atoms with van der Waals surface area (Å²) >= 11 is 2.26. The zero-order chi connectivity index (χ0) is 22.1. The molecule has 2 heterocycles. The molecule has 0 saturated heterocycles. The molecule has 0 aliphatic carbocycles. The Morgan fingerprint density at radius 3 is 2.63 bits per heavy atom. The van der Waals surface area contributed by atoms with Crippen LogP contribution < -0.4 is 19.7 Å². The van der Waals surface area contributed by atoms with E-state index in [2.05, 4.69) is 6.58 Å². The molecule has 0 atom stereocenters. The number of aromatic nitrogens is 1. The third-order valence-corrected chi connectivity index (χ3v) is 7.06. The first-order valence-electron chi connectivity index (χ1n) is 9.24. The first kappa shape index (κ1) is 22.2. The molecule has 0 bridgehead atoms. The van der Waals surface area contributed by atoms with E-state index in [4.69, 9.17) is 0 Å². The Bertz CT molecular complexity index is 1220. The lowest BCUT2D eigenvalue weighted by Crippen LogP contribution is -2.33. The van der Waals surface area contributed by atoms with E-state index in [0.717, 1.165) is 23.4 Å². The highest BCUT2D eigenvalue weighted by Crippen LogP contribution is 2.50. The van der Waals surface area contributed by atoms with Crippen LogP contribution in [0.15, 0.2) is 64.3 Å². The Labute approximate surface area is 180 Å². The van der Waals surface area contributed by atoms with E-state index in [1.807, 2.05) is 44.2 Å². The van der Waals surface area contributed by atoms with Crippen molar-refractivity contribution in [1.82, 2.24) is 4.57 Å². The van der Waals surface area contributed by atoms with Gasteiger partial charge in [0.25, 0.3) is 5.56 Å². The monoisotopic (exact) mass is 450 g/mol. The summed E-state index contributed by atoms with van der Waals surface area (Å²) in [6, 6.07) is 4.10. The van der Waals surface area contributed by atoms with Crippen LogP contribution in [0.3, 0.4) is 0 Å². The van der Waals surface area contributed by atoms with Gasteiger partial charge >= 0.3 is 6.18 Å². The fraction of sp³-hybridized carbons (Fsp3) is 0.227. The number of alkyl halides is 3. The molecule has 158 valence electrons. The van der Waals surface area contributed by atoms with Crippen LogP contribution in [0.5, 0.6) is 0 Å². The number of halogens is 3. The van der Waals surface area contributed by atoms with Gasteiger partial charge in [0.2, 0.25) is 0 Å². The third kappa shape index (κ3) is 4.20. The summed E-state index contributed by atoms with van der Waals surface area (Å²) in [6.07, 6.45) is 4.81. The van der Waals surface area contributed by atoms with Crippen molar-refractivity contribution in [3.8, 4) is 0 Å². The van der Waals surface area contributed by atoms with Crippen molar-refractivity contribution in [1.29, 1.82) is 0 Å². The number of allylic oxidation sites excluding steroid dienone is 5. The highest BCUT2D eigenvalue weighted by atomic mass is 32.2. The number of hydrogen-bond acceptors (Lipinski definition) is 4. The summed E-state index contributed by atoms with van der Waals surface area (Å²) in [5.74, 6) is 0. The molecule has 8 heteroatoms. The van der Waals surface area contributed by atoms with Crippen LogP contribution in [0.25, 0.3) is 11.1 Å². The van der Waals surface area contributed by atoms with Gasteiger partial charge in [-0.3, -0.25) is 9.36 Å². The second-order valence-corrected chi connectivity index (χ2v) is 8.57. The van der Waals surface area contributed by atoms with Crippen molar-refractivity contribution in [2.75, 3.05) is 11.9 Å². The van der Waals surface area contributed by atoms with Crippen LogP contribution in [0.1, 0.15) is 19.4 Å². The predicted octanol–water partition coefficient (Wildman–Crippen LogP) is 4.73. The minimum absolute atomic E-state index is 0.127. The van der Waals surface area contributed by atoms with E-state index >= 15 is 0 Å². The molecular weight excluding hydrogens is 429 g/mol. The fourth-order valence-electron chi connectivity index (χ4n) is 3.06. The van der Waals surface area contributed by atoms with Crippen LogP contribution in [-0.4, -0.2) is 11.6 Å². The van der Waals surface area contributed by atoms with Crippen molar-refractivity contribution in [3.05, 3.63) is 79.8 Å². The molecule has 0 saturated carbocycles. The SMILES string of the molecule is C=C(/C=C\C=C/C)/C=c1\s/c(=C2/Sc3c(cccc3C(F)(F)F)N2C)c(=O)n1CC. The summed E-state index contributed by atoms with van der Waals surface area (Å²) < 4.78 is 43.1. The maximum atomic E-state index is 13.4. The van der Waals surface area contributed by atoms with E-state index in [1.54, 1.807) is 22.6 Å². The van der Waals surface area contributed by atoms with Crippen molar-refractivity contribution >= 4 is 39.9 Å². The molecule has 0 fully saturated rings. The fourth-order valence-corrected chi connectivity index (χ4v) is 5.68. The Balaban J connectivity index is 2.18. The summed E-state index contributed by atoms with van der Waals surface area (Å²) in [5, 5.41) is 0.508. The van der Waals surface area contributed by atoms with Crippen molar-refractivity contribution in [2.45, 2.75) is 31.5 Å². The number of thioether (sulfide) groups is 1. The zero-order valence-electron chi connectivity index (χ0n) is 16.8. The molecule has 0 spiro atoms. The maximum Gasteiger partial charge on any atom is 0.417 e. The molecule has 1 aliphatic heterocycles. The molecule has 1 aliphatic rings. The van der Waals surface area contributed by atoms with E-state index in [9.17, 15) is 18.0 Å². The number of anilines is 1. The largest absolute Gasteiger partial charge is 0.417 e. The van der Waals surface area contributed by atoms with Crippen molar-refractivity contribution < 1.29 is 13.2 Å². The van der Waals surface area contributed by atoms with Crippen LogP contribution in [0.4, 0.5) is 18.9 Å². The smallest absolute Gasteiger partial charge is 0.337 e. The van der Waals surface area contributed by atoms with Crippen molar-refractivity contribution in [3.63, 3.8) is 0 Å². The Hall–Kier alpha value is -2.45. The van der Waals surface area contributed by atoms with Gasteiger partial charge in [-0.1, -0.05) is 48.7 Å². The average Bonchev–Trinajstić information content (AvgIpc) is 3.17. The average molecular weight is 451 g/mol. The highest BCUT2D eigenvalue weighted by Gasteiger charge is 2.38. The lowest BCUT2D eigenvalue weighted by molar-refractivity contribution is -0.139. The summed E-state index contributed by atoms with van der Waals surface area (Å²) in [6.45, 7) is 8.21. The molecule has 3 nitrogen and oxygen atoms in total. The molecule has 30 heavy (non-hydrogen) atoms. The first-order chi connectivity index (χ1) is 14.2. The predicted molar refractivity (Wildman–Crippen MR) is 120 cm³/mol. The second-order valence-electron chi connectivity index (χ2n) is 6.54. The number of benzene rings is 1. The van der Waals surface area contributed by atoms with Crippen LogP contribution in [0, 0.1) is 0 Å². The number of nitrogens with zero attached hydrogens (tertiary/aromatic N) is 2. The number of hydrogen-bond donors (Lipinski definition) is 0. The van der Waals surface area contributed by atoms with Gasteiger partial charge < -0.3 is 4.90 Å². The van der Waals surface area contributed by atoms with E-state index in [-0.39, 0.29) is 10.5 Å². The molecule has 1 aromatic carbocycles. The van der Waals surface area contributed by atoms with Gasteiger partial charge in [0, 0.05) is 18.5 Å². The number of rotatable bonds is 4. The van der Waals surface area contributed by atoms with Crippen LogP contribution in [0.2, 0.25) is 0 Å². The summed E-state index contributed by atoms with van der Waals surface area (Å²) in [5.41, 5.74) is 0.274. The molecule has 3 rings (SSSR count). The van der Waals surface area contributed by atoms with Crippen molar-refractivity contribution in [2.24, 2.45) is 0 Å². The molecular formula is C22H21F3N2OS2. The van der Waals surface area contributed by atoms with Gasteiger partial charge in [-0.25, -0.2) is 0 Å². The number of fused-ring (bicyclic) bond motifs is 1. The number of thiazole rings is 1. The maximum absolute atomic E-state index is 13.4. The molecule has 0 unspecified atom stereocenters. The standard InChI is InChI=1S/C22H21F3N2OS2/c1-5-7-8-10-14(3)13-17-27(6-2)20(28)19(29-17)21-26(4)16-12-9-11-15(18(16)30-21)22(23,24)25/h5,7-13H,3,6H2,1-2,4H3/b7-5-,10-8-,17-13-,21-19+. The summed E-state index contributed by atoms with van der Waals surface area (Å²) in [7, 11) is 1.69. The quantitative estimate of drug-likeness (QED) is 0.630. The molecule has 0 N–H and O–H groups in total. The topological polar surface area (TPSA) is 25.2 Å². The Kier molecular flexibility index (Phi) is 6.47. The minimum atomic E-state index is -4.45. The third-order valence-electron chi connectivity index (χ3n) is 4.51. The van der Waals surface area contributed by atoms with E-state index in [1.165, 1.54) is 17.4 Å². The molecule has 2 aromatic rings. The minimum Gasteiger partial charge on any atom is -0.337 e. The van der Waals surface area contributed by atoms with Gasteiger partial charge in [-0.2, -0.15) is 13.2 Å². The van der Waals surface area contributed by atoms with Crippen LogP contribution in [-0.2, 0) is 12.7 Å². The Morgan fingerprint density at radius 1 is 1.27 bits per heavy atom. The lowest BCUT2D eigenvalue weighted by atomic mass is 10.2. The molecule has 0 radical (unpaired) electrons. The van der Waals surface area contributed by atoms with Gasteiger partial charge in [0.05, 0.1) is 15.9 Å². The van der Waals surface area contributed by atoms with Gasteiger partial charge in [-0.15, -0.1) is 11.3 Å². The first-order valence-corrected chi connectivity index (χ1v) is 10.9. The van der Waals surface area contributed by atoms with Crippen LogP contribution >= 0.6 is 23.1 Å². The van der Waals surface area contributed by atoms with Gasteiger partial charge in [-0.05, 0) is 37.6 Å². The highest BCUT2D eigenvalue weighted by molar-refractivity contribution is 8.08. The normalized spacial score (nSPS) is 16.9. The second kappa shape index (κ2) is 8.73. The van der Waals surface area contributed by atoms with Gasteiger partial charge in [0.1, 0.15) is 9.56 Å². The summed E-state index contributed by atoms with van der Waals surface area (Å²) in [4.78, 5) is 14.8. The molecule has 0 amide bonds.